The van der Waals surface area contributed by atoms with E-state index in [4.69, 9.17) is 0 Å². The summed E-state index contributed by atoms with van der Waals surface area (Å²) >= 11 is 3.02. The summed E-state index contributed by atoms with van der Waals surface area (Å²) in [5, 5.41) is 21.1. The van der Waals surface area contributed by atoms with Crippen molar-refractivity contribution >= 4 is 39.2 Å². The maximum atomic E-state index is 13.1. The molecule has 0 spiro atoms. The zero-order valence-corrected chi connectivity index (χ0v) is 16.0. The molecule has 1 heterocycles. The first-order chi connectivity index (χ1) is 13.2. The summed E-state index contributed by atoms with van der Waals surface area (Å²) in [7, 11) is 0. The fourth-order valence-corrected chi connectivity index (χ4v) is 3.44. The molecule has 0 unspecified atom stereocenters. The van der Waals surface area contributed by atoms with Gasteiger partial charge in [-0.1, -0.05) is 0 Å². The second kappa shape index (κ2) is 7.78. The van der Waals surface area contributed by atoms with Gasteiger partial charge in [0.25, 0.3) is 5.69 Å². The third kappa shape index (κ3) is 4.27. The summed E-state index contributed by atoms with van der Waals surface area (Å²) in [6.45, 7) is 1.42. The van der Waals surface area contributed by atoms with E-state index in [0.717, 1.165) is 43.3 Å². The summed E-state index contributed by atoms with van der Waals surface area (Å²) in [5.74, 6) is -0.288. The molecule has 0 saturated carbocycles. The molecule has 6 nitrogen and oxygen atoms in total. The Morgan fingerprint density at radius 2 is 1.89 bits per heavy atom. The minimum Gasteiger partial charge on any atom is -0.506 e. The van der Waals surface area contributed by atoms with Crippen LogP contribution in [0.2, 0.25) is 0 Å². The standard InChI is InChI=1S/C18H15BrF3N3O3/c19-14-9-13(25(27)28)7-11(17(14)26)10-23-15-8-12(18(20,21)22)3-4-16(15)24-5-1-2-6-24/h3-4,7-10,26H,1-2,5-6H2. The largest absolute Gasteiger partial charge is 0.506 e. The van der Waals surface area contributed by atoms with Gasteiger partial charge in [0.05, 0.1) is 26.3 Å². The molecular formula is C18H15BrF3N3O3. The molecule has 0 aliphatic carbocycles. The second-order valence-corrected chi connectivity index (χ2v) is 7.13. The number of nitro benzene ring substituents is 1. The van der Waals surface area contributed by atoms with E-state index in [-0.39, 0.29) is 27.2 Å². The molecule has 0 atom stereocenters. The fourth-order valence-electron chi connectivity index (χ4n) is 2.98. The van der Waals surface area contributed by atoms with E-state index in [1.54, 1.807) is 0 Å². The van der Waals surface area contributed by atoms with Gasteiger partial charge in [-0.2, -0.15) is 13.2 Å². The fraction of sp³-hybridized carbons (Fsp3) is 0.278. The molecule has 0 radical (unpaired) electrons. The number of benzene rings is 2. The number of aliphatic imine (C=N–C) groups is 1. The van der Waals surface area contributed by atoms with Crippen LogP contribution < -0.4 is 4.90 Å². The average molecular weight is 458 g/mol. The Morgan fingerprint density at radius 3 is 2.50 bits per heavy atom. The van der Waals surface area contributed by atoms with E-state index in [1.807, 2.05) is 4.90 Å². The van der Waals surface area contributed by atoms with Crippen molar-refractivity contribution in [2.75, 3.05) is 18.0 Å². The van der Waals surface area contributed by atoms with Crippen molar-refractivity contribution in [2.45, 2.75) is 19.0 Å². The molecule has 2 aromatic carbocycles. The highest BCUT2D eigenvalue weighted by atomic mass is 79.9. The van der Waals surface area contributed by atoms with Gasteiger partial charge in [0.1, 0.15) is 5.75 Å². The molecule has 1 fully saturated rings. The molecule has 0 bridgehead atoms. The van der Waals surface area contributed by atoms with Crippen molar-refractivity contribution in [1.29, 1.82) is 0 Å². The number of rotatable bonds is 4. The highest BCUT2D eigenvalue weighted by Crippen LogP contribution is 2.38. The minimum atomic E-state index is -4.52. The highest BCUT2D eigenvalue weighted by molar-refractivity contribution is 9.10. The van der Waals surface area contributed by atoms with Crippen LogP contribution in [-0.2, 0) is 6.18 Å². The molecule has 1 aliphatic rings. The molecule has 10 heteroatoms. The minimum absolute atomic E-state index is 0.0193. The van der Waals surface area contributed by atoms with E-state index in [1.165, 1.54) is 6.07 Å². The third-order valence-electron chi connectivity index (χ3n) is 4.38. The van der Waals surface area contributed by atoms with Crippen molar-refractivity contribution in [3.63, 3.8) is 0 Å². The molecule has 1 aliphatic heterocycles. The van der Waals surface area contributed by atoms with E-state index in [2.05, 4.69) is 20.9 Å². The van der Waals surface area contributed by atoms with Gasteiger partial charge in [0.2, 0.25) is 0 Å². The number of nitrogens with zero attached hydrogens (tertiary/aromatic N) is 3. The van der Waals surface area contributed by atoms with Crippen LogP contribution in [0.25, 0.3) is 0 Å². The van der Waals surface area contributed by atoms with Gasteiger partial charge in [-0.05, 0) is 47.0 Å². The number of phenols is 1. The number of halogens is 4. The average Bonchev–Trinajstić information content (AvgIpc) is 3.16. The number of non-ortho nitro benzene ring substituents is 1. The molecule has 1 saturated heterocycles. The van der Waals surface area contributed by atoms with Crippen molar-refractivity contribution < 1.29 is 23.2 Å². The molecule has 3 rings (SSSR count). The lowest BCUT2D eigenvalue weighted by Crippen LogP contribution is -2.18. The quantitative estimate of drug-likeness (QED) is 0.377. The summed E-state index contributed by atoms with van der Waals surface area (Å²) in [5.41, 5.74) is -0.475. The Kier molecular flexibility index (Phi) is 5.59. The van der Waals surface area contributed by atoms with E-state index in [9.17, 15) is 28.4 Å². The van der Waals surface area contributed by atoms with Crippen LogP contribution in [-0.4, -0.2) is 29.3 Å². The van der Waals surface area contributed by atoms with E-state index >= 15 is 0 Å². The van der Waals surface area contributed by atoms with Crippen LogP contribution in [0.1, 0.15) is 24.0 Å². The Balaban J connectivity index is 2.06. The molecule has 148 valence electrons. The van der Waals surface area contributed by atoms with Gasteiger partial charge in [-0.3, -0.25) is 15.1 Å². The summed E-state index contributed by atoms with van der Waals surface area (Å²) in [6.07, 6.45) is -1.53. The first-order valence-electron chi connectivity index (χ1n) is 8.34. The van der Waals surface area contributed by atoms with Crippen LogP contribution in [0.3, 0.4) is 0 Å². The van der Waals surface area contributed by atoms with Gasteiger partial charge >= 0.3 is 6.18 Å². The maximum absolute atomic E-state index is 13.1. The number of anilines is 1. The second-order valence-electron chi connectivity index (χ2n) is 6.28. The Morgan fingerprint density at radius 1 is 1.21 bits per heavy atom. The molecule has 2 aromatic rings. The summed E-state index contributed by atoms with van der Waals surface area (Å²) < 4.78 is 39.4. The summed E-state index contributed by atoms with van der Waals surface area (Å²) in [4.78, 5) is 16.4. The van der Waals surface area contributed by atoms with Gasteiger partial charge in [0, 0.05) is 37.0 Å². The normalized spacial score (nSPS) is 14.8. The first-order valence-corrected chi connectivity index (χ1v) is 9.13. The first kappa shape index (κ1) is 20.1. The number of alkyl halides is 3. The lowest BCUT2D eigenvalue weighted by Gasteiger charge is -2.20. The predicted molar refractivity (Wildman–Crippen MR) is 103 cm³/mol. The number of hydrogen-bond donors (Lipinski definition) is 1. The monoisotopic (exact) mass is 457 g/mol. The molecule has 1 N–H and O–H groups in total. The van der Waals surface area contributed by atoms with Crippen LogP contribution in [0.5, 0.6) is 5.75 Å². The topological polar surface area (TPSA) is 79.0 Å². The number of aromatic hydroxyl groups is 1. The van der Waals surface area contributed by atoms with Crippen molar-refractivity contribution in [3.05, 3.63) is 56.0 Å². The van der Waals surface area contributed by atoms with Crippen molar-refractivity contribution in [1.82, 2.24) is 0 Å². The molecular weight excluding hydrogens is 443 g/mol. The zero-order chi connectivity index (χ0) is 20.5. The van der Waals surface area contributed by atoms with Crippen molar-refractivity contribution in [3.8, 4) is 5.75 Å². The maximum Gasteiger partial charge on any atom is 0.416 e. The molecule has 0 aromatic heterocycles. The number of phenolic OH excluding ortho intramolecular Hbond substituents is 1. The Labute approximate surface area is 166 Å². The van der Waals surface area contributed by atoms with Crippen LogP contribution in [0.4, 0.5) is 30.2 Å². The smallest absolute Gasteiger partial charge is 0.416 e. The Hall–Kier alpha value is -2.62. The van der Waals surface area contributed by atoms with Crippen LogP contribution in [0.15, 0.2) is 39.8 Å². The summed E-state index contributed by atoms with van der Waals surface area (Å²) in [6, 6.07) is 5.56. The zero-order valence-electron chi connectivity index (χ0n) is 14.4. The van der Waals surface area contributed by atoms with Gasteiger partial charge in [-0.25, -0.2) is 0 Å². The van der Waals surface area contributed by atoms with Crippen LogP contribution in [0, 0.1) is 10.1 Å². The molecule has 0 amide bonds. The van der Waals surface area contributed by atoms with Gasteiger partial charge in [-0.15, -0.1) is 0 Å². The third-order valence-corrected chi connectivity index (χ3v) is 4.99. The number of nitro groups is 1. The molecule has 28 heavy (non-hydrogen) atoms. The van der Waals surface area contributed by atoms with Gasteiger partial charge < -0.3 is 10.0 Å². The SMILES string of the molecule is O=[N+]([O-])c1cc(Br)c(O)c(C=Nc2cc(C(F)(F)F)ccc2N2CCCC2)c1. The number of hydrogen-bond acceptors (Lipinski definition) is 5. The Bertz CT molecular complexity index is 942. The predicted octanol–water partition coefficient (Wildman–Crippen LogP) is 5.43. The lowest BCUT2D eigenvalue weighted by atomic mass is 10.1. The van der Waals surface area contributed by atoms with E-state index in [0.29, 0.717) is 18.8 Å². The highest BCUT2D eigenvalue weighted by Gasteiger charge is 2.31. The van der Waals surface area contributed by atoms with Crippen LogP contribution >= 0.6 is 15.9 Å². The van der Waals surface area contributed by atoms with Gasteiger partial charge in [0.15, 0.2) is 0 Å². The lowest BCUT2D eigenvalue weighted by molar-refractivity contribution is -0.385. The van der Waals surface area contributed by atoms with Crippen molar-refractivity contribution in [2.24, 2.45) is 4.99 Å². The van der Waals surface area contributed by atoms with E-state index < -0.39 is 16.7 Å².